The number of aromatic amines is 2. The summed E-state index contributed by atoms with van der Waals surface area (Å²) < 4.78 is 0. The first kappa shape index (κ1) is 11.4. The molecule has 0 atom stereocenters. The van der Waals surface area contributed by atoms with Crippen LogP contribution < -0.4 is 11.3 Å². The number of nitrogens with one attached hydrogen (secondary N) is 2. The van der Waals surface area contributed by atoms with Crippen molar-refractivity contribution in [3.8, 4) is 11.3 Å². The third-order valence-electron chi connectivity index (χ3n) is 2.58. The molecule has 2 aromatic rings. The maximum Gasteiger partial charge on any atom is 0.248 e. The number of pyridine rings is 1. The molecule has 0 saturated heterocycles. The Balaban J connectivity index is 2.49. The average molecular weight is 232 g/mol. The van der Waals surface area contributed by atoms with Crippen molar-refractivity contribution >= 4 is 5.82 Å². The molecule has 0 saturated carbocycles. The van der Waals surface area contributed by atoms with Gasteiger partial charge in [-0.1, -0.05) is 13.8 Å². The summed E-state index contributed by atoms with van der Waals surface area (Å²) in [5.74, 6) is 0.990. The molecule has 0 bridgehead atoms. The molecule has 0 aliphatic carbocycles. The lowest BCUT2D eigenvalue weighted by Gasteiger charge is -2.06. The molecule has 0 spiro atoms. The highest BCUT2D eigenvalue weighted by Crippen LogP contribution is 2.26. The molecule has 2 rings (SSSR count). The van der Waals surface area contributed by atoms with E-state index in [2.05, 4.69) is 29.0 Å². The maximum absolute atomic E-state index is 11.3. The summed E-state index contributed by atoms with van der Waals surface area (Å²) in [4.78, 5) is 13.9. The molecule has 5 heteroatoms. The number of nitrogen functional groups attached to an aromatic ring is 1. The Morgan fingerprint density at radius 2 is 2.24 bits per heavy atom. The topological polar surface area (TPSA) is 87.6 Å². The summed E-state index contributed by atoms with van der Waals surface area (Å²) in [6.45, 7) is 4.24. The quantitative estimate of drug-likeness (QED) is 0.750. The van der Waals surface area contributed by atoms with Crippen molar-refractivity contribution in [1.82, 2.24) is 15.2 Å². The molecule has 5 nitrogen and oxygen atoms in total. The van der Waals surface area contributed by atoms with Gasteiger partial charge in [-0.15, -0.1) is 0 Å². The second-order valence-corrected chi connectivity index (χ2v) is 4.50. The van der Waals surface area contributed by atoms with Crippen LogP contribution in [0.5, 0.6) is 0 Å². The van der Waals surface area contributed by atoms with E-state index in [1.54, 1.807) is 6.20 Å². The van der Waals surface area contributed by atoms with Crippen LogP contribution in [0.1, 0.15) is 19.4 Å². The molecule has 0 fully saturated rings. The number of rotatable bonds is 3. The van der Waals surface area contributed by atoms with E-state index in [0.29, 0.717) is 11.7 Å². The van der Waals surface area contributed by atoms with Gasteiger partial charge in [0.15, 0.2) is 0 Å². The second kappa shape index (κ2) is 4.45. The number of hydrogen-bond donors (Lipinski definition) is 3. The van der Waals surface area contributed by atoms with Gasteiger partial charge in [-0.25, -0.2) is 0 Å². The largest absolute Gasteiger partial charge is 0.382 e. The maximum atomic E-state index is 11.3. The van der Waals surface area contributed by atoms with E-state index in [-0.39, 0.29) is 5.56 Å². The lowest BCUT2D eigenvalue weighted by molar-refractivity contribution is 0.649. The fourth-order valence-electron chi connectivity index (χ4n) is 1.83. The van der Waals surface area contributed by atoms with E-state index in [1.807, 2.05) is 6.07 Å². The van der Waals surface area contributed by atoms with E-state index in [1.165, 1.54) is 6.07 Å². The average Bonchev–Trinajstić information content (AvgIpc) is 2.60. The van der Waals surface area contributed by atoms with Crippen LogP contribution in [0.25, 0.3) is 11.3 Å². The predicted octanol–water partition coefficient (Wildman–Crippen LogP) is 1.55. The van der Waals surface area contributed by atoms with Gasteiger partial charge in [-0.2, -0.15) is 5.10 Å². The zero-order chi connectivity index (χ0) is 12.4. The molecule has 2 aromatic heterocycles. The number of nitrogens with zero attached hydrogens (tertiary/aromatic N) is 1. The van der Waals surface area contributed by atoms with E-state index in [4.69, 9.17) is 5.73 Å². The van der Waals surface area contributed by atoms with Crippen molar-refractivity contribution in [3.05, 3.63) is 34.2 Å². The summed E-state index contributed by atoms with van der Waals surface area (Å²) in [6.07, 6.45) is 2.46. The zero-order valence-corrected chi connectivity index (χ0v) is 9.95. The van der Waals surface area contributed by atoms with Crippen LogP contribution in [0.4, 0.5) is 5.82 Å². The van der Waals surface area contributed by atoms with Crippen molar-refractivity contribution in [1.29, 1.82) is 0 Å². The van der Waals surface area contributed by atoms with E-state index in [0.717, 1.165) is 23.2 Å². The highest BCUT2D eigenvalue weighted by Gasteiger charge is 2.13. The van der Waals surface area contributed by atoms with Gasteiger partial charge in [-0.3, -0.25) is 9.89 Å². The third-order valence-corrected chi connectivity index (χ3v) is 2.58. The van der Waals surface area contributed by atoms with Crippen molar-refractivity contribution in [2.75, 3.05) is 5.73 Å². The van der Waals surface area contributed by atoms with Gasteiger partial charge in [0.05, 0.1) is 5.69 Å². The first-order valence-corrected chi connectivity index (χ1v) is 5.59. The van der Waals surface area contributed by atoms with Crippen LogP contribution in [-0.4, -0.2) is 15.2 Å². The van der Waals surface area contributed by atoms with E-state index in [9.17, 15) is 4.79 Å². The van der Waals surface area contributed by atoms with Gasteiger partial charge in [0.1, 0.15) is 5.82 Å². The highest BCUT2D eigenvalue weighted by atomic mass is 16.1. The monoisotopic (exact) mass is 232 g/mol. The van der Waals surface area contributed by atoms with E-state index < -0.39 is 0 Å². The summed E-state index contributed by atoms with van der Waals surface area (Å²) in [5.41, 5.74) is 8.33. The molecule has 17 heavy (non-hydrogen) atoms. The fraction of sp³-hybridized carbons (Fsp3) is 0.333. The number of hydrogen-bond acceptors (Lipinski definition) is 3. The van der Waals surface area contributed by atoms with E-state index >= 15 is 0 Å². The first-order chi connectivity index (χ1) is 8.08. The van der Waals surface area contributed by atoms with Crippen LogP contribution in [0.2, 0.25) is 0 Å². The van der Waals surface area contributed by atoms with Crippen LogP contribution in [0, 0.1) is 5.92 Å². The molecule has 0 aliphatic heterocycles. The number of anilines is 1. The highest BCUT2D eigenvalue weighted by molar-refractivity contribution is 5.67. The third kappa shape index (κ3) is 2.38. The van der Waals surface area contributed by atoms with Gasteiger partial charge in [0, 0.05) is 23.4 Å². The first-order valence-electron chi connectivity index (χ1n) is 5.59. The molecule has 2 heterocycles. The summed E-state index contributed by atoms with van der Waals surface area (Å²) in [7, 11) is 0. The molecule has 0 unspecified atom stereocenters. The van der Waals surface area contributed by atoms with Gasteiger partial charge in [-0.05, 0) is 18.4 Å². The molecule has 90 valence electrons. The Hall–Kier alpha value is -2.04. The Morgan fingerprint density at radius 1 is 1.47 bits per heavy atom. The number of aromatic nitrogens is 3. The predicted molar refractivity (Wildman–Crippen MR) is 67.6 cm³/mol. The summed E-state index contributed by atoms with van der Waals surface area (Å²) in [6, 6.07) is 3.37. The minimum Gasteiger partial charge on any atom is -0.382 e. The van der Waals surface area contributed by atoms with Gasteiger partial charge in [0.25, 0.3) is 0 Å². The van der Waals surface area contributed by atoms with Crippen molar-refractivity contribution in [2.45, 2.75) is 20.3 Å². The molecular weight excluding hydrogens is 216 g/mol. The van der Waals surface area contributed by atoms with Crippen LogP contribution in [-0.2, 0) is 6.42 Å². The van der Waals surface area contributed by atoms with Crippen LogP contribution in [0.15, 0.2) is 23.1 Å². The molecule has 4 N–H and O–H groups in total. The lowest BCUT2D eigenvalue weighted by Crippen LogP contribution is -2.04. The van der Waals surface area contributed by atoms with Crippen molar-refractivity contribution < 1.29 is 0 Å². The molecule has 0 aromatic carbocycles. The Bertz CT molecular complexity index is 568. The summed E-state index contributed by atoms with van der Waals surface area (Å²) in [5, 5.41) is 6.91. The molecule has 0 radical (unpaired) electrons. The summed E-state index contributed by atoms with van der Waals surface area (Å²) >= 11 is 0. The number of nitrogens with two attached hydrogens (primary N) is 1. The lowest BCUT2D eigenvalue weighted by atomic mass is 10.00. The molecule has 0 aliphatic rings. The Morgan fingerprint density at radius 3 is 2.88 bits per heavy atom. The van der Waals surface area contributed by atoms with Crippen LogP contribution in [0.3, 0.4) is 0 Å². The SMILES string of the molecule is CC(C)Cc1c(N)n[nH]c1-c1cc[nH]c(=O)c1. The minimum atomic E-state index is -0.133. The molecular formula is C12H16N4O. The minimum absolute atomic E-state index is 0.133. The van der Waals surface area contributed by atoms with Gasteiger partial charge in [0.2, 0.25) is 5.56 Å². The van der Waals surface area contributed by atoms with Crippen molar-refractivity contribution in [3.63, 3.8) is 0 Å². The van der Waals surface area contributed by atoms with Gasteiger partial charge >= 0.3 is 0 Å². The fourth-order valence-corrected chi connectivity index (χ4v) is 1.83. The normalized spacial score (nSPS) is 11.0. The van der Waals surface area contributed by atoms with Crippen LogP contribution >= 0.6 is 0 Å². The standard InChI is InChI=1S/C12H16N4O/c1-7(2)5-9-11(15-16-12(9)13)8-3-4-14-10(17)6-8/h3-4,6-7H,5H2,1-2H3,(H,14,17)(H3,13,15,16). The Labute approximate surface area is 99.1 Å². The van der Waals surface area contributed by atoms with Gasteiger partial charge < -0.3 is 10.7 Å². The van der Waals surface area contributed by atoms with Crippen molar-refractivity contribution in [2.24, 2.45) is 5.92 Å². The Kier molecular flexibility index (Phi) is 2.99. The number of H-pyrrole nitrogens is 2. The zero-order valence-electron chi connectivity index (χ0n) is 9.95. The molecule has 0 amide bonds. The smallest absolute Gasteiger partial charge is 0.248 e. The second-order valence-electron chi connectivity index (χ2n) is 4.50.